The molecule has 1 aliphatic heterocycles. The molecule has 1 unspecified atom stereocenters. The van der Waals surface area contributed by atoms with E-state index in [4.69, 9.17) is 15.1 Å². The van der Waals surface area contributed by atoms with E-state index in [1.807, 2.05) is 41.4 Å². The maximum Gasteiger partial charge on any atom is 0.247 e. The van der Waals surface area contributed by atoms with Crippen LogP contribution in [0.3, 0.4) is 0 Å². The number of rotatable bonds is 4. The van der Waals surface area contributed by atoms with Crippen LogP contribution < -0.4 is 5.01 Å². The molecule has 1 atom stereocenters. The zero-order valence-electron chi connectivity index (χ0n) is 16.6. The fraction of sp³-hybridized carbons (Fsp3) is 0.0800. The van der Waals surface area contributed by atoms with Gasteiger partial charge in [0.05, 0.1) is 27.8 Å². The van der Waals surface area contributed by atoms with E-state index in [-0.39, 0.29) is 6.04 Å². The third-order valence-corrected chi connectivity index (χ3v) is 7.32. The Hall–Kier alpha value is -3.35. The Morgan fingerprint density at radius 2 is 1.58 bits per heavy atom. The Labute approximate surface area is 188 Å². The van der Waals surface area contributed by atoms with E-state index in [2.05, 4.69) is 53.2 Å². The maximum atomic E-state index is 5.04. The Kier molecular flexibility index (Phi) is 4.59. The second-order valence-electron chi connectivity index (χ2n) is 7.36. The van der Waals surface area contributed by atoms with Crippen molar-refractivity contribution >= 4 is 45.2 Å². The van der Waals surface area contributed by atoms with Gasteiger partial charge in [-0.1, -0.05) is 60.7 Å². The first-order valence-corrected chi connectivity index (χ1v) is 11.9. The quantitative estimate of drug-likeness (QED) is 0.311. The minimum Gasteiger partial charge on any atom is -0.223 e. The first-order valence-electron chi connectivity index (χ1n) is 10.1. The molecule has 6 heteroatoms. The molecule has 6 rings (SSSR count). The number of fused-ring (bicyclic) bond motifs is 1. The van der Waals surface area contributed by atoms with E-state index >= 15 is 0 Å². The Bertz CT molecular complexity index is 1360. The van der Waals surface area contributed by atoms with Crippen LogP contribution in [0.25, 0.3) is 22.2 Å². The van der Waals surface area contributed by atoms with E-state index in [9.17, 15) is 0 Å². The van der Waals surface area contributed by atoms with Crippen LogP contribution in [0.15, 0.2) is 94.7 Å². The van der Waals surface area contributed by atoms with Gasteiger partial charge in [0, 0.05) is 22.2 Å². The topological polar surface area (TPSA) is 41.4 Å². The molecular formula is C25H18N4S2. The van der Waals surface area contributed by atoms with Crippen molar-refractivity contribution in [2.45, 2.75) is 12.5 Å². The van der Waals surface area contributed by atoms with Crippen LogP contribution >= 0.6 is 22.7 Å². The van der Waals surface area contributed by atoms with Gasteiger partial charge in [-0.05, 0) is 29.0 Å². The fourth-order valence-corrected chi connectivity index (χ4v) is 5.50. The molecule has 0 spiro atoms. The monoisotopic (exact) mass is 438 g/mol. The summed E-state index contributed by atoms with van der Waals surface area (Å²) >= 11 is 3.48. The van der Waals surface area contributed by atoms with Crippen LogP contribution in [0, 0.1) is 0 Å². The lowest BCUT2D eigenvalue weighted by Crippen LogP contribution is -2.20. The number of nitrogens with zero attached hydrogens (tertiary/aromatic N) is 4. The van der Waals surface area contributed by atoms with Crippen LogP contribution in [-0.2, 0) is 0 Å². The molecule has 1 aliphatic rings. The first kappa shape index (κ1) is 18.4. The van der Waals surface area contributed by atoms with Crippen molar-refractivity contribution in [3.63, 3.8) is 0 Å². The molecule has 4 nitrogen and oxygen atoms in total. The Balaban J connectivity index is 1.54. The third-order valence-electron chi connectivity index (χ3n) is 5.43. The molecule has 3 aromatic heterocycles. The number of hydrogen-bond donors (Lipinski definition) is 0. The van der Waals surface area contributed by atoms with Gasteiger partial charge in [-0.2, -0.15) is 5.10 Å². The van der Waals surface area contributed by atoms with Gasteiger partial charge < -0.3 is 0 Å². The van der Waals surface area contributed by atoms with Crippen molar-refractivity contribution in [1.82, 2.24) is 9.97 Å². The second kappa shape index (κ2) is 7.72. The summed E-state index contributed by atoms with van der Waals surface area (Å²) in [6.07, 6.45) is 0.845. The lowest BCUT2D eigenvalue weighted by atomic mass is 10.1. The highest BCUT2D eigenvalue weighted by molar-refractivity contribution is 7.12. The lowest BCUT2D eigenvalue weighted by molar-refractivity contribution is 0.700. The van der Waals surface area contributed by atoms with E-state index in [1.54, 1.807) is 22.7 Å². The summed E-state index contributed by atoms with van der Waals surface area (Å²) in [6.45, 7) is 0. The van der Waals surface area contributed by atoms with E-state index < -0.39 is 0 Å². The summed E-state index contributed by atoms with van der Waals surface area (Å²) in [7, 11) is 0. The molecule has 0 N–H and O–H groups in total. The maximum absolute atomic E-state index is 5.04. The molecule has 150 valence electrons. The van der Waals surface area contributed by atoms with Crippen molar-refractivity contribution in [1.29, 1.82) is 0 Å². The zero-order chi connectivity index (χ0) is 20.6. The highest BCUT2D eigenvalue weighted by Crippen LogP contribution is 2.39. The first-order chi connectivity index (χ1) is 15.4. The molecule has 0 saturated carbocycles. The number of hydrogen-bond acceptors (Lipinski definition) is 6. The highest BCUT2D eigenvalue weighted by Gasteiger charge is 2.33. The molecule has 0 amide bonds. The smallest absolute Gasteiger partial charge is 0.223 e. The summed E-state index contributed by atoms with van der Waals surface area (Å²) in [5.41, 5.74) is 4.03. The molecule has 4 heterocycles. The van der Waals surface area contributed by atoms with Crippen molar-refractivity contribution in [3.05, 3.63) is 99.4 Å². The largest absolute Gasteiger partial charge is 0.247 e. The molecule has 2 aromatic carbocycles. The van der Waals surface area contributed by atoms with Crippen molar-refractivity contribution < 1.29 is 0 Å². The molecule has 5 aromatic rings. The molecular weight excluding hydrogens is 420 g/mol. The third kappa shape index (κ3) is 3.34. The SMILES string of the molecule is c1ccc(-c2nc(N3N=C(c4cccs4)CC3c3cccs3)nc3ccccc23)cc1. The van der Waals surface area contributed by atoms with Crippen molar-refractivity contribution in [3.8, 4) is 11.3 Å². The van der Waals surface area contributed by atoms with Gasteiger partial charge in [0.25, 0.3) is 0 Å². The lowest BCUT2D eigenvalue weighted by Gasteiger charge is -2.21. The number of benzene rings is 2. The van der Waals surface area contributed by atoms with Gasteiger partial charge in [0.2, 0.25) is 5.95 Å². The average Bonchev–Trinajstić information content (AvgIpc) is 3.60. The molecule has 0 aliphatic carbocycles. The van der Waals surface area contributed by atoms with E-state index in [0.29, 0.717) is 5.95 Å². The van der Waals surface area contributed by atoms with Crippen LogP contribution in [-0.4, -0.2) is 15.7 Å². The number of aromatic nitrogens is 2. The Morgan fingerprint density at radius 3 is 2.39 bits per heavy atom. The predicted octanol–water partition coefficient (Wildman–Crippen LogP) is 6.78. The average molecular weight is 439 g/mol. The van der Waals surface area contributed by atoms with Crippen LogP contribution in [0.2, 0.25) is 0 Å². The van der Waals surface area contributed by atoms with E-state index in [1.165, 1.54) is 9.75 Å². The van der Waals surface area contributed by atoms with Crippen molar-refractivity contribution in [2.24, 2.45) is 5.10 Å². The minimum absolute atomic E-state index is 0.0990. The van der Waals surface area contributed by atoms with Gasteiger partial charge in [-0.25, -0.2) is 15.0 Å². The normalized spacial score (nSPS) is 16.1. The van der Waals surface area contributed by atoms with Gasteiger partial charge in [-0.15, -0.1) is 22.7 Å². The van der Waals surface area contributed by atoms with Crippen LogP contribution in [0.1, 0.15) is 22.2 Å². The summed E-state index contributed by atoms with van der Waals surface area (Å²) in [4.78, 5) is 12.5. The van der Waals surface area contributed by atoms with Gasteiger partial charge in [0.15, 0.2) is 0 Å². The molecule has 0 radical (unpaired) electrons. The summed E-state index contributed by atoms with van der Waals surface area (Å²) in [5.74, 6) is 0.641. The number of anilines is 1. The molecule has 0 fully saturated rings. The van der Waals surface area contributed by atoms with Gasteiger partial charge >= 0.3 is 0 Å². The number of hydrazone groups is 1. The fourth-order valence-electron chi connectivity index (χ4n) is 3.97. The number of para-hydroxylation sites is 1. The van der Waals surface area contributed by atoms with E-state index in [0.717, 1.165) is 34.3 Å². The van der Waals surface area contributed by atoms with Crippen LogP contribution in [0.5, 0.6) is 0 Å². The van der Waals surface area contributed by atoms with Crippen molar-refractivity contribution in [2.75, 3.05) is 5.01 Å². The predicted molar refractivity (Wildman–Crippen MR) is 130 cm³/mol. The summed E-state index contributed by atoms with van der Waals surface area (Å²) in [6, 6.07) is 27.1. The van der Waals surface area contributed by atoms with Gasteiger partial charge in [0.1, 0.15) is 0 Å². The minimum atomic E-state index is 0.0990. The van der Waals surface area contributed by atoms with Gasteiger partial charge in [-0.3, -0.25) is 0 Å². The molecule has 0 bridgehead atoms. The Morgan fingerprint density at radius 1 is 0.774 bits per heavy atom. The summed E-state index contributed by atoms with van der Waals surface area (Å²) < 4.78 is 0. The number of thiophene rings is 2. The second-order valence-corrected chi connectivity index (χ2v) is 9.29. The highest BCUT2D eigenvalue weighted by atomic mass is 32.1. The molecule has 31 heavy (non-hydrogen) atoms. The standard InChI is InChI=1S/C25H18N4S2/c1-2-8-17(9-3-1)24-18-10-4-5-11-19(18)26-25(27-24)29-21(23-13-7-15-31-23)16-20(28-29)22-12-6-14-30-22/h1-15,21H,16H2. The van der Waals surface area contributed by atoms with Crippen LogP contribution in [0.4, 0.5) is 5.95 Å². The summed E-state index contributed by atoms with van der Waals surface area (Å²) in [5, 5.41) is 12.3. The molecule has 0 saturated heterocycles. The zero-order valence-corrected chi connectivity index (χ0v) is 18.2.